The van der Waals surface area contributed by atoms with Crippen LogP contribution in [0.2, 0.25) is 0 Å². The summed E-state index contributed by atoms with van der Waals surface area (Å²) in [6.07, 6.45) is 1.94. The van der Waals surface area contributed by atoms with Crippen molar-refractivity contribution < 1.29 is 9.53 Å². The maximum Gasteiger partial charge on any atom is 0.249 e. The van der Waals surface area contributed by atoms with E-state index in [2.05, 4.69) is 41.2 Å². The van der Waals surface area contributed by atoms with E-state index in [4.69, 9.17) is 4.74 Å². The van der Waals surface area contributed by atoms with Crippen molar-refractivity contribution in [2.24, 2.45) is 0 Å². The van der Waals surface area contributed by atoms with Crippen LogP contribution in [0.1, 0.15) is 40.2 Å². The van der Waals surface area contributed by atoms with Crippen molar-refractivity contribution in [1.29, 1.82) is 0 Å². The molecule has 0 N–H and O–H groups in total. The Balaban J connectivity index is 1.41. The van der Waals surface area contributed by atoms with Crippen molar-refractivity contribution in [2.45, 2.75) is 58.3 Å². The number of thiophene rings is 1. The van der Waals surface area contributed by atoms with E-state index in [1.54, 1.807) is 11.3 Å². The highest BCUT2D eigenvalue weighted by atomic mass is 32.1. The van der Waals surface area contributed by atoms with Crippen LogP contribution in [0.3, 0.4) is 0 Å². The quantitative estimate of drug-likeness (QED) is 0.780. The molecule has 2 saturated heterocycles. The number of carbonyl (C=O) groups is 1. The molecule has 2 aliphatic rings. The lowest BCUT2D eigenvalue weighted by atomic mass is 9.82. The van der Waals surface area contributed by atoms with Crippen LogP contribution in [0.15, 0.2) is 17.5 Å². The maximum atomic E-state index is 12.5. The lowest BCUT2D eigenvalue weighted by molar-refractivity contribution is -0.188. The molecule has 2 aliphatic heterocycles. The molecule has 7 heteroatoms. The minimum atomic E-state index is -0.221. The van der Waals surface area contributed by atoms with Gasteiger partial charge in [0.25, 0.3) is 0 Å². The third-order valence-electron chi connectivity index (χ3n) is 5.91. The highest BCUT2D eigenvalue weighted by molar-refractivity contribution is 7.11. The van der Waals surface area contributed by atoms with Gasteiger partial charge in [-0.15, -0.1) is 22.7 Å². The second-order valence-corrected chi connectivity index (χ2v) is 10.1. The molecular weight excluding hydrogens is 378 g/mol. The molecule has 2 aromatic heterocycles. The first-order valence-electron chi connectivity index (χ1n) is 9.57. The Morgan fingerprint density at radius 2 is 2.04 bits per heavy atom. The van der Waals surface area contributed by atoms with Gasteiger partial charge in [-0.2, -0.15) is 0 Å². The molecule has 146 valence electrons. The Labute approximate surface area is 169 Å². The summed E-state index contributed by atoms with van der Waals surface area (Å²) in [6.45, 7) is 10.1. The zero-order chi connectivity index (χ0) is 19.0. The van der Waals surface area contributed by atoms with Gasteiger partial charge in [-0.1, -0.05) is 0 Å². The van der Waals surface area contributed by atoms with Crippen molar-refractivity contribution in [3.63, 3.8) is 0 Å². The van der Waals surface area contributed by atoms with E-state index in [1.165, 1.54) is 9.75 Å². The Morgan fingerprint density at radius 1 is 1.26 bits per heavy atom. The monoisotopic (exact) mass is 405 g/mol. The number of hydrogen-bond donors (Lipinski definition) is 0. The first-order chi connectivity index (χ1) is 12.9. The average molecular weight is 406 g/mol. The highest BCUT2D eigenvalue weighted by Crippen LogP contribution is 2.37. The number of piperidine rings is 1. The number of carbonyl (C=O) groups excluding carboxylic acids is 1. The average Bonchev–Trinajstić information content (AvgIpc) is 3.25. The van der Waals surface area contributed by atoms with Crippen molar-refractivity contribution >= 4 is 28.6 Å². The molecule has 27 heavy (non-hydrogen) atoms. The number of thiazole rings is 1. The smallest absolute Gasteiger partial charge is 0.249 e. The fraction of sp³-hybridized carbons (Fsp3) is 0.600. The van der Waals surface area contributed by atoms with Gasteiger partial charge in [0.15, 0.2) is 0 Å². The summed E-state index contributed by atoms with van der Waals surface area (Å²) in [5, 5.41) is 3.11. The van der Waals surface area contributed by atoms with Gasteiger partial charge in [-0.05, 0) is 45.7 Å². The van der Waals surface area contributed by atoms with E-state index in [1.807, 2.05) is 23.2 Å². The molecule has 4 rings (SSSR count). The van der Waals surface area contributed by atoms with Crippen LogP contribution in [0.5, 0.6) is 0 Å². The number of amides is 1. The van der Waals surface area contributed by atoms with Crippen molar-refractivity contribution in [2.75, 3.05) is 19.7 Å². The second-order valence-electron chi connectivity index (χ2n) is 7.70. The number of hydrogen-bond acceptors (Lipinski definition) is 6. The summed E-state index contributed by atoms with van der Waals surface area (Å²) in [5.74, 6) is 0.0790. The summed E-state index contributed by atoms with van der Waals surface area (Å²) in [7, 11) is 0. The normalized spacial score (nSPS) is 23.3. The van der Waals surface area contributed by atoms with E-state index >= 15 is 0 Å². The van der Waals surface area contributed by atoms with Crippen LogP contribution in [0.4, 0.5) is 0 Å². The molecule has 1 spiro atoms. The SMILES string of the molecule is Cc1ccc(CN2CCC3(CC2)OCC(=O)N(Cc2csc(C)n2)[C@@H]3C)s1. The van der Waals surface area contributed by atoms with Crippen LogP contribution in [0.25, 0.3) is 0 Å². The predicted molar refractivity (Wildman–Crippen MR) is 109 cm³/mol. The van der Waals surface area contributed by atoms with Crippen LogP contribution < -0.4 is 0 Å². The van der Waals surface area contributed by atoms with E-state index < -0.39 is 0 Å². The van der Waals surface area contributed by atoms with Crippen molar-refractivity contribution in [1.82, 2.24) is 14.8 Å². The number of ether oxygens (including phenoxy) is 1. The van der Waals surface area contributed by atoms with Gasteiger partial charge in [0.05, 0.1) is 28.9 Å². The fourth-order valence-electron chi connectivity index (χ4n) is 4.23. The number of rotatable bonds is 4. The van der Waals surface area contributed by atoms with Crippen LogP contribution in [-0.2, 0) is 22.6 Å². The number of likely N-dealkylation sites (tertiary alicyclic amines) is 1. The summed E-state index contributed by atoms with van der Waals surface area (Å²) >= 11 is 3.52. The molecule has 4 heterocycles. The van der Waals surface area contributed by atoms with Crippen LogP contribution in [0, 0.1) is 13.8 Å². The lowest BCUT2D eigenvalue weighted by Gasteiger charge is -2.51. The maximum absolute atomic E-state index is 12.5. The minimum absolute atomic E-state index is 0.0758. The van der Waals surface area contributed by atoms with Gasteiger partial charge in [-0.3, -0.25) is 9.69 Å². The molecule has 0 radical (unpaired) electrons. The van der Waals surface area contributed by atoms with Crippen LogP contribution >= 0.6 is 22.7 Å². The van der Waals surface area contributed by atoms with E-state index in [0.717, 1.165) is 43.2 Å². The van der Waals surface area contributed by atoms with Gasteiger partial charge in [-0.25, -0.2) is 4.98 Å². The number of nitrogens with zero attached hydrogens (tertiary/aromatic N) is 3. The van der Waals surface area contributed by atoms with Crippen molar-refractivity contribution in [3.8, 4) is 0 Å². The molecule has 1 amide bonds. The fourth-order valence-corrected chi connectivity index (χ4v) is 5.77. The second kappa shape index (κ2) is 7.62. The number of aromatic nitrogens is 1. The van der Waals surface area contributed by atoms with Gasteiger partial charge in [0.2, 0.25) is 5.91 Å². The van der Waals surface area contributed by atoms with E-state index in [-0.39, 0.29) is 24.2 Å². The standard InChI is InChI=1S/C20H27N3O2S2/c1-14-4-5-18(27-14)11-22-8-6-20(7-9-22)15(2)23(19(24)12-25-20)10-17-13-26-16(3)21-17/h4-5,13,15H,6-12H2,1-3H3/t15-/m1/s1. The van der Waals surface area contributed by atoms with Gasteiger partial charge >= 0.3 is 0 Å². The van der Waals surface area contributed by atoms with Crippen molar-refractivity contribution in [3.05, 3.63) is 38.0 Å². The zero-order valence-corrected chi connectivity index (χ0v) is 17.9. The molecule has 0 bridgehead atoms. The lowest BCUT2D eigenvalue weighted by Crippen LogP contribution is -2.63. The van der Waals surface area contributed by atoms with Crippen LogP contribution in [-0.4, -0.2) is 52.0 Å². The first kappa shape index (κ1) is 19.1. The molecular formula is C20H27N3O2S2. The topological polar surface area (TPSA) is 45.7 Å². The number of morpholine rings is 1. The Bertz CT molecular complexity index is 808. The van der Waals surface area contributed by atoms with Gasteiger partial charge in [0, 0.05) is 34.8 Å². The predicted octanol–water partition coefficient (Wildman–Crippen LogP) is 3.60. The molecule has 2 aromatic rings. The highest BCUT2D eigenvalue weighted by Gasteiger charge is 2.47. The molecule has 0 unspecified atom stereocenters. The summed E-state index contributed by atoms with van der Waals surface area (Å²) in [5.41, 5.74) is 0.765. The largest absolute Gasteiger partial charge is 0.363 e. The van der Waals surface area contributed by atoms with E-state index in [0.29, 0.717) is 6.54 Å². The molecule has 5 nitrogen and oxygen atoms in total. The molecule has 0 saturated carbocycles. The Hall–Kier alpha value is -1.28. The third-order valence-corrected chi connectivity index (χ3v) is 7.72. The summed E-state index contributed by atoms with van der Waals surface area (Å²) in [4.78, 5) is 24.4. The summed E-state index contributed by atoms with van der Waals surface area (Å²) in [6, 6.07) is 4.51. The zero-order valence-electron chi connectivity index (χ0n) is 16.2. The third kappa shape index (κ3) is 3.97. The molecule has 0 aromatic carbocycles. The molecule has 0 aliphatic carbocycles. The summed E-state index contributed by atoms with van der Waals surface area (Å²) < 4.78 is 6.17. The molecule has 1 atom stereocenters. The Kier molecular flexibility index (Phi) is 5.38. The minimum Gasteiger partial charge on any atom is -0.363 e. The van der Waals surface area contributed by atoms with Gasteiger partial charge < -0.3 is 9.64 Å². The Morgan fingerprint density at radius 3 is 2.67 bits per heavy atom. The first-order valence-corrected chi connectivity index (χ1v) is 11.3. The molecule has 2 fully saturated rings. The number of aryl methyl sites for hydroxylation is 2. The van der Waals surface area contributed by atoms with E-state index in [9.17, 15) is 4.79 Å². The van der Waals surface area contributed by atoms with Gasteiger partial charge in [0.1, 0.15) is 6.61 Å².